The Labute approximate surface area is 111 Å². The molecule has 1 aromatic carbocycles. The van der Waals surface area contributed by atoms with Gasteiger partial charge in [0.2, 0.25) is 0 Å². The van der Waals surface area contributed by atoms with Gasteiger partial charge in [-0.1, -0.05) is 18.2 Å². The Hall–Kier alpha value is -1.55. The van der Waals surface area contributed by atoms with Crippen LogP contribution >= 0.6 is 11.6 Å². The van der Waals surface area contributed by atoms with Gasteiger partial charge in [0.15, 0.2) is 0 Å². The number of para-hydroxylation sites is 1. The monoisotopic (exact) mass is 270 g/mol. The van der Waals surface area contributed by atoms with Crippen LogP contribution in [0.5, 0.6) is 5.75 Å². The van der Waals surface area contributed by atoms with Gasteiger partial charge in [-0.05, 0) is 12.5 Å². The number of hydrogen-bond donors (Lipinski definition) is 0. The fourth-order valence-electron chi connectivity index (χ4n) is 1.36. The molecule has 0 fully saturated rings. The van der Waals surface area contributed by atoms with Crippen LogP contribution in [-0.2, 0) is 20.7 Å². The summed E-state index contributed by atoms with van der Waals surface area (Å²) in [6.45, 7) is 0. The molecule has 18 heavy (non-hydrogen) atoms. The second-order valence-corrected chi connectivity index (χ2v) is 4.01. The van der Waals surface area contributed by atoms with Crippen molar-refractivity contribution in [2.45, 2.75) is 19.3 Å². The van der Waals surface area contributed by atoms with E-state index in [1.807, 2.05) is 0 Å². The highest BCUT2D eigenvalue weighted by Gasteiger charge is 2.11. The molecule has 0 unspecified atom stereocenters. The standard InChI is InChI=1S/C13H15ClO4/c1-17-13(16)9-10-5-2-3-6-11(10)18-12(15)7-4-8-14/h2-3,5-6H,4,7-9H2,1H3. The molecule has 0 N–H and O–H groups in total. The smallest absolute Gasteiger partial charge is 0.311 e. The minimum absolute atomic E-state index is 0.0788. The molecule has 0 aromatic heterocycles. The van der Waals surface area contributed by atoms with Gasteiger partial charge in [-0.15, -0.1) is 11.6 Å². The summed E-state index contributed by atoms with van der Waals surface area (Å²) in [5.74, 6) is 0.0773. The van der Waals surface area contributed by atoms with Crippen LogP contribution in [0.1, 0.15) is 18.4 Å². The maximum Gasteiger partial charge on any atom is 0.311 e. The zero-order valence-corrected chi connectivity index (χ0v) is 10.9. The number of hydrogen-bond acceptors (Lipinski definition) is 4. The second kappa shape index (κ2) is 7.71. The third-order valence-corrected chi connectivity index (χ3v) is 2.54. The number of benzene rings is 1. The number of halogens is 1. The van der Waals surface area contributed by atoms with Crippen LogP contribution in [0.2, 0.25) is 0 Å². The summed E-state index contributed by atoms with van der Waals surface area (Å²) in [7, 11) is 1.32. The molecule has 5 heteroatoms. The van der Waals surface area contributed by atoms with Crippen LogP contribution in [-0.4, -0.2) is 24.9 Å². The third-order valence-electron chi connectivity index (χ3n) is 2.27. The molecule has 98 valence electrons. The van der Waals surface area contributed by atoms with E-state index in [1.165, 1.54) is 7.11 Å². The Bertz CT molecular complexity index is 417. The van der Waals surface area contributed by atoms with Crippen molar-refractivity contribution in [3.05, 3.63) is 29.8 Å². The lowest BCUT2D eigenvalue weighted by molar-refractivity contribution is -0.140. The Balaban J connectivity index is 2.69. The van der Waals surface area contributed by atoms with E-state index >= 15 is 0 Å². The minimum Gasteiger partial charge on any atom is -0.469 e. The van der Waals surface area contributed by atoms with Gasteiger partial charge in [0.25, 0.3) is 0 Å². The lowest BCUT2D eigenvalue weighted by Gasteiger charge is -2.08. The molecule has 0 radical (unpaired) electrons. The molecular weight excluding hydrogens is 256 g/mol. The number of esters is 2. The van der Waals surface area contributed by atoms with Crippen molar-refractivity contribution in [2.24, 2.45) is 0 Å². The number of ether oxygens (including phenoxy) is 2. The highest BCUT2D eigenvalue weighted by molar-refractivity contribution is 6.17. The fraction of sp³-hybridized carbons (Fsp3) is 0.385. The van der Waals surface area contributed by atoms with E-state index in [0.717, 1.165) is 0 Å². The molecule has 0 aliphatic rings. The summed E-state index contributed by atoms with van der Waals surface area (Å²) < 4.78 is 9.77. The maximum absolute atomic E-state index is 11.5. The highest BCUT2D eigenvalue weighted by Crippen LogP contribution is 2.19. The molecule has 0 atom stereocenters. The number of rotatable bonds is 6. The topological polar surface area (TPSA) is 52.6 Å². The van der Waals surface area contributed by atoms with Gasteiger partial charge in [0.1, 0.15) is 5.75 Å². The molecule has 0 spiro atoms. The van der Waals surface area contributed by atoms with E-state index in [1.54, 1.807) is 24.3 Å². The average Bonchev–Trinajstić information content (AvgIpc) is 2.38. The van der Waals surface area contributed by atoms with Gasteiger partial charge < -0.3 is 9.47 Å². The summed E-state index contributed by atoms with van der Waals surface area (Å²) in [5.41, 5.74) is 0.628. The van der Waals surface area contributed by atoms with Crippen LogP contribution in [0.3, 0.4) is 0 Å². The largest absolute Gasteiger partial charge is 0.469 e. The van der Waals surface area contributed by atoms with Crippen LogP contribution < -0.4 is 4.74 Å². The number of alkyl halides is 1. The molecule has 1 aromatic rings. The van der Waals surface area contributed by atoms with Crippen LogP contribution in [0.15, 0.2) is 24.3 Å². The molecule has 0 amide bonds. The predicted molar refractivity (Wildman–Crippen MR) is 67.8 cm³/mol. The first kappa shape index (κ1) is 14.5. The van der Waals surface area contributed by atoms with Gasteiger partial charge in [-0.2, -0.15) is 0 Å². The first-order valence-corrected chi connectivity index (χ1v) is 6.12. The second-order valence-electron chi connectivity index (χ2n) is 3.63. The predicted octanol–water partition coefficient (Wildman–Crippen LogP) is 2.33. The van der Waals surface area contributed by atoms with Crippen LogP contribution in [0.25, 0.3) is 0 Å². The summed E-state index contributed by atoms with van der Waals surface area (Å²) in [4.78, 5) is 22.7. The molecule has 0 saturated heterocycles. The molecule has 0 aliphatic carbocycles. The minimum atomic E-state index is -0.376. The molecule has 0 aliphatic heterocycles. The molecule has 4 nitrogen and oxygen atoms in total. The maximum atomic E-state index is 11.5. The number of methoxy groups -OCH3 is 1. The van der Waals surface area contributed by atoms with Crippen molar-refractivity contribution < 1.29 is 19.1 Å². The molecule has 1 rings (SSSR count). The quantitative estimate of drug-likeness (QED) is 0.452. The van der Waals surface area contributed by atoms with Gasteiger partial charge in [0, 0.05) is 17.9 Å². The third kappa shape index (κ3) is 4.75. The van der Waals surface area contributed by atoms with Gasteiger partial charge >= 0.3 is 11.9 Å². The summed E-state index contributed by atoms with van der Waals surface area (Å²) in [6, 6.07) is 6.89. The lowest BCUT2D eigenvalue weighted by Crippen LogP contribution is -2.11. The Kier molecular flexibility index (Phi) is 6.22. The molecule has 0 heterocycles. The Morgan fingerprint density at radius 2 is 1.94 bits per heavy atom. The lowest BCUT2D eigenvalue weighted by atomic mass is 10.1. The van der Waals surface area contributed by atoms with E-state index in [-0.39, 0.29) is 24.8 Å². The first-order chi connectivity index (χ1) is 8.67. The Morgan fingerprint density at radius 1 is 1.22 bits per heavy atom. The molecule has 0 saturated carbocycles. The van der Waals surface area contributed by atoms with E-state index in [4.69, 9.17) is 16.3 Å². The van der Waals surface area contributed by atoms with E-state index in [0.29, 0.717) is 23.6 Å². The van der Waals surface area contributed by atoms with E-state index in [2.05, 4.69) is 4.74 Å². The number of carbonyl (C=O) groups is 2. The summed E-state index contributed by atoms with van der Waals surface area (Å²) >= 11 is 5.50. The molecular formula is C13H15ClO4. The first-order valence-electron chi connectivity index (χ1n) is 5.58. The van der Waals surface area contributed by atoms with Crippen molar-refractivity contribution in [1.29, 1.82) is 0 Å². The normalized spacial score (nSPS) is 9.89. The van der Waals surface area contributed by atoms with Crippen molar-refractivity contribution in [3.63, 3.8) is 0 Å². The van der Waals surface area contributed by atoms with Crippen molar-refractivity contribution in [3.8, 4) is 5.75 Å². The zero-order valence-electron chi connectivity index (χ0n) is 10.1. The Morgan fingerprint density at radius 3 is 2.61 bits per heavy atom. The molecule has 0 bridgehead atoms. The summed E-state index contributed by atoms with van der Waals surface area (Å²) in [6.07, 6.45) is 0.908. The van der Waals surface area contributed by atoms with Crippen molar-refractivity contribution in [2.75, 3.05) is 13.0 Å². The van der Waals surface area contributed by atoms with Gasteiger partial charge in [-0.3, -0.25) is 9.59 Å². The SMILES string of the molecule is COC(=O)Cc1ccccc1OC(=O)CCCCl. The zero-order chi connectivity index (χ0) is 13.4. The van der Waals surface area contributed by atoms with Crippen molar-refractivity contribution >= 4 is 23.5 Å². The van der Waals surface area contributed by atoms with E-state index in [9.17, 15) is 9.59 Å². The van der Waals surface area contributed by atoms with Crippen LogP contribution in [0.4, 0.5) is 0 Å². The van der Waals surface area contributed by atoms with E-state index < -0.39 is 0 Å². The summed E-state index contributed by atoms with van der Waals surface area (Å²) in [5, 5.41) is 0. The van der Waals surface area contributed by atoms with Gasteiger partial charge in [0.05, 0.1) is 13.5 Å². The average molecular weight is 271 g/mol. The van der Waals surface area contributed by atoms with Gasteiger partial charge in [-0.25, -0.2) is 0 Å². The highest BCUT2D eigenvalue weighted by atomic mass is 35.5. The van der Waals surface area contributed by atoms with Crippen molar-refractivity contribution in [1.82, 2.24) is 0 Å². The van der Waals surface area contributed by atoms with Crippen LogP contribution in [0, 0.1) is 0 Å². The number of carbonyl (C=O) groups excluding carboxylic acids is 2. The fourth-order valence-corrected chi connectivity index (χ4v) is 1.50.